The highest BCUT2D eigenvalue weighted by Gasteiger charge is 2.05. The topological polar surface area (TPSA) is 79.8 Å². The number of ether oxygens (including phenoxy) is 1. The van der Waals surface area contributed by atoms with Crippen molar-refractivity contribution in [2.45, 2.75) is 0 Å². The summed E-state index contributed by atoms with van der Waals surface area (Å²) in [5, 5.41) is 7.64. The lowest BCUT2D eigenvalue weighted by atomic mass is 10.2. The maximum absolute atomic E-state index is 12.0. The number of benzene rings is 3. The summed E-state index contributed by atoms with van der Waals surface area (Å²) in [6.45, 7) is -0.143. The maximum atomic E-state index is 12.0. The molecule has 0 bridgehead atoms. The van der Waals surface area contributed by atoms with Gasteiger partial charge in [0.05, 0.1) is 6.21 Å². The zero-order chi connectivity index (χ0) is 21.3. The van der Waals surface area contributed by atoms with Crippen molar-refractivity contribution in [2.75, 3.05) is 11.9 Å². The van der Waals surface area contributed by atoms with Gasteiger partial charge in [-0.25, -0.2) is 5.43 Å². The van der Waals surface area contributed by atoms with Gasteiger partial charge in [-0.15, -0.1) is 0 Å². The summed E-state index contributed by atoms with van der Waals surface area (Å²) in [6.07, 6.45) is 1.50. The van der Waals surface area contributed by atoms with E-state index in [1.54, 1.807) is 72.8 Å². The van der Waals surface area contributed by atoms with E-state index < -0.39 is 0 Å². The second-order valence-corrected chi connectivity index (χ2v) is 7.00. The Bertz CT molecular complexity index is 1070. The largest absolute Gasteiger partial charge is 0.484 e. The minimum atomic E-state index is -0.362. The summed E-state index contributed by atoms with van der Waals surface area (Å²) in [6, 6.07) is 20.3. The Balaban J connectivity index is 1.47. The number of anilines is 1. The van der Waals surface area contributed by atoms with Gasteiger partial charge < -0.3 is 10.1 Å². The fraction of sp³-hybridized carbons (Fsp3) is 0.0455. The highest BCUT2D eigenvalue weighted by atomic mass is 35.5. The van der Waals surface area contributed by atoms with E-state index in [0.29, 0.717) is 27.0 Å². The first kappa shape index (κ1) is 21.4. The smallest absolute Gasteiger partial charge is 0.271 e. The molecule has 2 amide bonds. The van der Waals surface area contributed by atoms with Gasteiger partial charge in [-0.3, -0.25) is 9.59 Å². The van der Waals surface area contributed by atoms with Crippen molar-refractivity contribution in [1.29, 1.82) is 0 Å². The summed E-state index contributed by atoms with van der Waals surface area (Å²) >= 11 is 11.8. The Morgan fingerprint density at radius 3 is 2.33 bits per heavy atom. The molecule has 0 aliphatic heterocycles. The molecule has 152 valence electrons. The third-order valence-electron chi connectivity index (χ3n) is 3.82. The maximum Gasteiger partial charge on any atom is 0.271 e. The second-order valence-electron chi connectivity index (χ2n) is 6.13. The molecule has 0 aromatic heterocycles. The van der Waals surface area contributed by atoms with Gasteiger partial charge in [0.25, 0.3) is 11.8 Å². The molecule has 6 nitrogen and oxygen atoms in total. The van der Waals surface area contributed by atoms with E-state index in [2.05, 4.69) is 15.8 Å². The predicted octanol–water partition coefficient (Wildman–Crippen LogP) is 4.77. The molecule has 0 unspecified atom stereocenters. The van der Waals surface area contributed by atoms with Crippen LogP contribution in [0, 0.1) is 0 Å². The average Bonchev–Trinajstić information content (AvgIpc) is 2.73. The van der Waals surface area contributed by atoms with Crippen LogP contribution >= 0.6 is 23.2 Å². The summed E-state index contributed by atoms with van der Waals surface area (Å²) in [5.41, 5.74) is 4.20. The molecule has 0 atom stereocenters. The van der Waals surface area contributed by atoms with Crippen LogP contribution in [-0.4, -0.2) is 24.6 Å². The lowest BCUT2D eigenvalue weighted by Crippen LogP contribution is -2.20. The Morgan fingerprint density at radius 2 is 1.63 bits per heavy atom. The van der Waals surface area contributed by atoms with Gasteiger partial charge in [0.2, 0.25) is 0 Å². The van der Waals surface area contributed by atoms with E-state index in [1.807, 2.05) is 0 Å². The standard InChI is InChI=1S/C22H17Cl2N3O3/c23-17-4-1-3-16(11-17)22(29)27-25-13-15-7-9-20(10-8-15)30-14-21(28)26-19-6-2-5-18(24)12-19/h1-13H,14H2,(H,26,28)(H,27,29)/b25-13+. The monoisotopic (exact) mass is 441 g/mol. The Kier molecular flexibility index (Phi) is 7.43. The number of hydrogen-bond acceptors (Lipinski definition) is 4. The molecule has 0 fully saturated rings. The predicted molar refractivity (Wildman–Crippen MR) is 119 cm³/mol. The minimum Gasteiger partial charge on any atom is -0.484 e. The number of hydrazone groups is 1. The average molecular weight is 442 g/mol. The molecule has 3 aromatic carbocycles. The summed E-state index contributed by atoms with van der Waals surface area (Å²) < 4.78 is 5.47. The first-order valence-corrected chi connectivity index (χ1v) is 9.62. The molecule has 0 aliphatic rings. The Hall–Kier alpha value is -3.35. The van der Waals surface area contributed by atoms with Crippen LogP contribution in [0.4, 0.5) is 5.69 Å². The van der Waals surface area contributed by atoms with Gasteiger partial charge in [-0.1, -0.05) is 35.3 Å². The molecule has 0 aliphatic carbocycles. The van der Waals surface area contributed by atoms with Crippen molar-refractivity contribution in [3.63, 3.8) is 0 Å². The van der Waals surface area contributed by atoms with Crippen molar-refractivity contribution < 1.29 is 14.3 Å². The first-order chi connectivity index (χ1) is 14.5. The van der Waals surface area contributed by atoms with Crippen LogP contribution in [0.15, 0.2) is 77.9 Å². The highest BCUT2D eigenvalue weighted by Crippen LogP contribution is 2.15. The number of hydrogen-bond donors (Lipinski definition) is 2. The van der Waals surface area contributed by atoms with E-state index >= 15 is 0 Å². The number of amides is 2. The number of nitrogens with one attached hydrogen (secondary N) is 2. The van der Waals surface area contributed by atoms with E-state index in [9.17, 15) is 9.59 Å². The van der Waals surface area contributed by atoms with Crippen LogP contribution < -0.4 is 15.5 Å². The van der Waals surface area contributed by atoms with Crippen LogP contribution in [0.1, 0.15) is 15.9 Å². The van der Waals surface area contributed by atoms with Gasteiger partial charge in [-0.05, 0) is 66.2 Å². The van der Waals surface area contributed by atoms with Crippen molar-refractivity contribution in [1.82, 2.24) is 5.43 Å². The number of carbonyl (C=O) groups excluding carboxylic acids is 2. The van der Waals surface area contributed by atoms with Crippen LogP contribution in [0.25, 0.3) is 0 Å². The van der Waals surface area contributed by atoms with Crippen LogP contribution in [0.2, 0.25) is 10.0 Å². The number of rotatable bonds is 7. The lowest BCUT2D eigenvalue weighted by molar-refractivity contribution is -0.118. The Morgan fingerprint density at radius 1 is 0.933 bits per heavy atom. The fourth-order valence-corrected chi connectivity index (χ4v) is 2.80. The van der Waals surface area contributed by atoms with Crippen molar-refractivity contribution in [3.05, 3.63) is 94.0 Å². The molecule has 30 heavy (non-hydrogen) atoms. The summed E-state index contributed by atoms with van der Waals surface area (Å²) in [7, 11) is 0. The zero-order valence-corrected chi connectivity index (χ0v) is 17.2. The molecule has 0 radical (unpaired) electrons. The molecule has 3 rings (SSSR count). The lowest BCUT2D eigenvalue weighted by Gasteiger charge is -2.08. The molecule has 0 spiro atoms. The van der Waals surface area contributed by atoms with E-state index in [1.165, 1.54) is 6.21 Å². The summed E-state index contributed by atoms with van der Waals surface area (Å²) in [5.74, 6) is -0.137. The number of carbonyl (C=O) groups is 2. The molecule has 0 saturated carbocycles. The zero-order valence-electron chi connectivity index (χ0n) is 15.6. The number of nitrogens with zero attached hydrogens (tertiary/aromatic N) is 1. The molecular weight excluding hydrogens is 425 g/mol. The van der Waals surface area contributed by atoms with Crippen LogP contribution in [-0.2, 0) is 4.79 Å². The quantitative estimate of drug-likeness (QED) is 0.409. The van der Waals surface area contributed by atoms with E-state index in [0.717, 1.165) is 5.56 Å². The molecule has 3 aromatic rings. The van der Waals surface area contributed by atoms with E-state index in [-0.39, 0.29) is 18.4 Å². The van der Waals surface area contributed by atoms with Gasteiger partial charge in [0.1, 0.15) is 5.75 Å². The molecule has 8 heteroatoms. The Labute approximate surface area is 183 Å². The van der Waals surface area contributed by atoms with Gasteiger partial charge in [0, 0.05) is 21.3 Å². The SMILES string of the molecule is O=C(COc1ccc(/C=N/NC(=O)c2cccc(Cl)c2)cc1)Nc1cccc(Cl)c1. The van der Waals surface area contributed by atoms with Crippen LogP contribution in [0.3, 0.4) is 0 Å². The first-order valence-electron chi connectivity index (χ1n) is 8.87. The van der Waals surface area contributed by atoms with Crippen molar-refractivity contribution in [2.24, 2.45) is 5.10 Å². The molecule has 0 heterocycles. The van der Waals surface area contributed by atoms with Crippen molar-refractivity contribution >= 4 is 46.9 Å². The van der Waals surface area contributed by atoms with Crippen molar-refractivity contribution in [3.8, 4) is 5.75 Å². The third kappa shape index (κ3) is 6.62. The molecular formula is C22H17Cl2N3O3. The highest BCUT2D eigenvalue weighted by molar-refractivity contribution is 6.31. The van der Waals surface area contributed by atoms with Gasteiger partial charge >= 0.3 is 0 Å². The van der Waals surface area contributed by atoms with E-state index in [4.69, 9.17) is 27.9 Å². The van der Waals surface area contributed by atoms with Gasteiger partial charge in [-0.2, -0.15) is 5.10 Å². The van der Waals surface area contributed by atoms with Crippen LogP contribution in [0.5, 0.6) is 5.75 Å². The second kappa shape index (κ2) is 10.4. The summed E-state index contributed by atoms with van der Waals surface area (Å²) in [4.78, 5) is 23.9. The normalized spacial score (nSPS) is 10.6. The fourth-order valence-electron chi connectivity index (χ4n) is 2.42. The number of halogens is 2. The molecule has 0 saturated heterocycles. The third-order valence-corrected chi connectivity index (χ3v) is 4.30. The van der Waals surface area contributed by atoms with Gasteiger partial charge in [0.15, 0.2) is 6.61 Å². The molecule has 2 N–H and O–H groups in total. The minimum absolute atomic E-state index is 0.143.